The van der Waals surface area contributed by atoms with Crippen LogP contribution in [0.25, 0.3) is 0 Å². The topological polar surface area (TPSA) is 24.9 Å². The zero-order valence-electron chi connectivity index (χ0n) is 9.48. The Kier molecular flexibility index (Phi) is 4.45. The van der Waals surface area contributed by atoms with Crippen molar-refractivity contribution < 1.29 is 0 Å². The van der Waals surface area contributed by atoms with Crippen molar-refractivity contribution >= 4 is 33.4 Å². The van der Waals surface area contributed by atoms with Gasteiger partial charge < -0.3 is 5.32 Å². The number of pyridine rings is 1. The van der Waals surface area contributed by atoms with Gasteiger partial charge in [0, 0.05) is 34.1 Å². The number of halogens is 1. The van der Waals surface area contributed by atoms with Gasteiger partial charge in [0.2, 0.25) is 0 Å². The van der Waals surface area contributed by atoms with E-state index in [4.69, 9.17) is 0 Å². The van der Waals surface area contributed by atoms with Gasteiger partial charge in [-0.3, -0.25) is 4.98 Å². The molecule has 0 fully saturated rings. The summed E-state index contributed by atoms with van der Waals surface area (Å²) in [7, 11) is 1.92. The van der Waals surface area contributed by atoms with Crippen molar-refractivity contribution in [2.75, 3.05) is 12.4 Å². The van der Waals surface area contributed by atoms with E-state index in [2.05, 4.69) is 44.4 Å². The van der Waals surface area contributed by atoms with Crippen LogP contribution in [0, 0.1) is 0 Å². The summed E-state index contributed by atoms with van der Waals surface area (Å²) in [5.41, 5.74) is 2.19. The number of rotatable bonds is 4. The monoisotopic (exact) mass is 308 g/mol. The second-order valence-corrected chi connectivity index (χ2v) is 5.50. The van der Waals surface area contributed by atoms with Gasteiger partial charge in [-0.05, 0) is 30.3 Å². The lowest BCUT2D eigenvalue weighted by molar-refractivity contribution is 1.17. The minimum atomic E-state index is 0.881. The molecular weight excluding hydrogens is 296 g/mol. The van der Waals surface area contributed by atoms with Crippen LogP contribution in [0.15, 0.2) is 52.0 Å². The van der Waals surface area contributed by atoms with Gasteiger partial charge in [0.25, 0.3) is 0 Å². The molecule has 1 heterocycles. The predicted octanol–water partition coefficient (Wildman–Crippen LogP) is 4.18. The molecule has 0 unspecified atom stereocenters. The minimum Gasteiger partial charge on any atom is -0.388 e. The van der Waals surface area contributed by atoms with E-state index >= 15 is 0 Å². The Labute approximate surface area is 114 Å². The molecule has 0 atom stereocenters. The largest absolute Gasteiger partial charge is 0.388 e. The highest BCUT2D eigenvalue weighted by Gasteiger charge is 1.99. The summed E-state index contributed by atoms with van der Waals surface area (Å²) in [4.78, 5) is 5.60. The minimum absolute atomic E-state index is 0.881. The smallest absolute Gasteiger partial charge is 0.0526 e. The van der Waals surface area contributed by atoms with Gasteiger partial charge >= 0.3 is 0 Å². The van der Waals surface area contributed by atoms with Crippen LogP contribution in [0.3, 0.4) is 0 Å². The van der Waals surface area contributed by atoms with Crippen LogP contribution in [-0.4, -0.2) is 12.0 Å². The summed E-state index contributed by atoms with van der Waals surface area (Å²) in [5.74, 6) is 0.881. The molecule has 0 saturated carbocycles. The Balaban J connectivity index is 2.02. The summed E-state index contributed by atoms with van der Waals surface area (Å²) in [6.07, 6.45) is 1.84. The van der Waals surface area contributed by atoms with Crippen LogP contribution in [0.1, 0.15) is 5.69 Å². The van der Waals surface area contributed by atoms with Crippen LogP contribution >= 0.6 is 27.7 Å². The Morgan fingerprint density at radius 2 is 2.18 bits per heavy atom. The third kappa shape index (κ3) is 3.75. The van der Waals surface area contributed by atoms with Gasteiger partial charge in [-0.25, -0.2) is 0 Å². The van der Waals surface area contributed by atoms with Crippen LogP contribution < -0.4 is 5.32 Å². The Morgan fingerprint density at radius 3 is 2.94 bits per heavy atom. The molecule has 2 nitrogen and oxygen atoms in total. The van der Waals surface area contributed by atoms with E-state index in [1.54, 1.807) is 11.8 Å². The molecule has 1 N–H and O–H groups in total. The van der Waals surface area contributed by atoms with E-state index in [9.17, 15) is 0 Å². The number of thioether (sulfide) groups is 1. The molecule has 0 aliphatic heterocycles. The SMILES string of the molecule is CNc1ccnc(CSc2cccc(Br)c2)c1. The molecule has 2 aromatic rings. The number of hydrogen-bond donors (Lipinski definition) is 1. The van der Waals surface area contributed by atoms with Gasteiger partial charge in [0.15, 0.2) is 0 Å². The standard InChI is InChI=1S/C13H13BrN2S/c1-15-11-5-6-16-12(8-11)9-17-13-4-2-3-10(14)7-13/h2-8H,9H2,1H3,(H,15,16). The Morgan fingerprint density at radius 1 is 1.29 bits per heavy atom. The lowest BCUT2D eigenvalue weighted by Crippen LogP contribution is -1.92. The fraction of sp³-hybridized carbons (Fsp3) is 0.154. The Hall–Kier alpha value is -1.00. The van der Waals surface area contributed by atoms with Gasteiger partial charge in [0.05, 0.1) is 5.69 Å². The van der Waals surface area contributed by atoms with Gasteiger partial charge in [0.1, 0.15) is 0 Å². The van der Waals surface area contributed by atoms with Crippen LogP contribution in [0.5, 0.6) is 0 Å². The summed E-state index contributed by atoms with van der Waals surface area (Å²) in [6.45, 7) is 0. The first-order chi connectivity index (χ1) is 8.28. The molecule has 0 aliphatic carbocycles. The van der Waals surface area contributed by atoms with Crippen molar-refractivity contribution in [3.63, 3.8) is 0 Å². The number of hydrogen-bond acceptors (Lipinski definition) is 3. The van der Waals surface area contributed by atoms with E-state index in [1.165, 1.54) is 4.90 Å². The Bertz CT molecular complexity index is 502. The van der Waals surface area contributed by atoms with Crippen LogP contribution in [-0.2, 0) is 5.75 Å². The third-order valence-electron chi connectivity index (χ3n) is 2.29. The van der Waals surface area contributed by atoms with E-state index in [-0.39, 0.29) is 0 Å². The molecule has 1 aromatic carbocycles. The molecule has 0 bridgehead atoms. The maximum absolute atomic E-state index is 4.35. The van der Waals surface area contributed by atoms with E-state index < -0.39 is 0 Å². The normalized spacial score (nSPS) is 10.2. The van der Waals surface area contributed by atoms with Crippen LogP contribution in [0.4, 0.5) is 5.69 Å². The molecule has 2 rings (SSSR count). The maximum Gasteiger partial charge on any atom is 0.0526 e. The van der Waals surface area contributed by atoms with Gasteiger partial charge in [-0.2, -0.15) is 0 Å². The highest BCUT2D eigenvalue weighted by atomic mass is 79.9. The lowest BCUT2D eigenvalue weighted by atomic mass is 10.3. The fourth-order valence-electron chi connectivity index (χ4n) is 1.43. The molecule has 1 aromatic heterocycles. The molecule has 4 heteroatoms. The summed E-state index contributed by atoms with van der Waals surface area (Å²) in [5, 5.41) is 3.12. The first-order valence-corrected chi connectivity index (χ1v) is 7.07. The predicted molar refractivity (Wildman–Crippen MR) is 77.5 cm³/mol. The van der Waals surface area contributed by atoms with Crippen molar-refractivity contribution in [3.05, 3.63) is 52.8 Å². The number of nitrogens with zero attached hydrogens (tertiary/aromatic N) is 1. The summed E-state index contributed by atoms with van der Waals surface area (Å²) < 4.78 is 1.11. The quantitative estimate of drug-likeness (QED) is 0.858. The van der Waals surface area contributed by atoms with Crippen molar-refractivity contribution in [3.8, 4) is 0 Å². The van der Waals surface area contributed by atoms with Crippen molar-refractivity contribution in [2.24, 2.45) is 0 Å². The number of anilines is 1. The van der Waals surface area contributed by atoms with Crippen molar-refractivity contribution in [1.82, 2.24) is 4.98 Å². The second-order valence-electron chi connectivity index (χ2n) is 3.53. The highest BCUT2D eigenvalue weighted by molar-refractivity contribution is 9.10. The first kappa shape index (κ1) is 12.5. The zero-order chi connectivity index (χ0) is 12.1. The number of aromatic nitrogens is 1. The van der Waals surface area contributed by atoms with Crippen molar-refractivity contribution in [2.45, 2.75) is 10.6 Å². The summed E-state index contributed by atoms with van der Waals surface area (Å²) >= 11 is 5.26. The molecule has 0 saturated heterocycles. The average molecular weight is 309 g/mol. The van der Waals surface area contributed by atoms with E-state index in [0.29, 0.717) is 0 Å². The van der Waals surface area contributed by atoms with Crippen LogP contribution in [0.2, 0.25) is 0 Å². The van der Waals surface area contributed by atoms with Gasteiger partial charge in [-0.1, -0.05) is 22.0 Å². The van der Waals surface area contributed by atoms with Crippen molar-refractivity contribution in [1.29, 1.82) is 0 Å². The second kappa shape index (κ2) is 6.07. The number of benzene rings is 1. The maximum atomic E-state index is 4.35. The lowest BCUT2D eigenvalue weighted by Gasteiger charge is -2.04. The molecule has 0 aliphatic rings. The highest BCUT2D eigenvalue weighted by Crippen LogP contribution is 2.25. The molecule has 0 radical (unpaired) electrons. The van der Waals surface area contributed by atoms with Gasteiger partial charge in [-0.15, -0.1) is 11.8 Å². The molecule has 0 spiro atoms. The zero-order valence-corrected chi connectivity index (χ0v) is 11.9. The third-order valence-corrected chi connectivity index (χ3v) is 3.81. The summed E-state index contributed by atoms with van der Waals surface area (Å²) in [6, 6.07) is 12.3. The molecule has 0 amide bonds. The molecule has 17 heavy (non-hydrogen) atoms. The van der Waals surface area contributed by atoms with E-state index in [0.717, 1.165) is 21.6 Å². The first-order valence-electron chi connectivity index (χ1n) is 5.29. The number of nitrogens with one attached hydrogen (secondary N) is 1. The molecule has 88 valence electrons. The molecular formula is C13H13BrN2S. The average Bonchev–Trinajstić information content (AvgIpc) is 2.37. The fourth-order valence-corrected chi connectivity index (χ4v) is 2.83. The van der Waals surface area contributed by atoms with E-state index in [1.807, 2.05) is 31.4 Å².